The van der Waals surface area contributed by atoms with E-state index in [4.69, 9.17) is 10.8 Å². The second-order valence-electron chi connectivity index (χ2n) is 4.15. The molecule has 0 radical (unpaired) electrons. The fourth-order valence-electron chi connectivity index (χ4n) is 1.73. The Kier molecular flexibility index (Phi) is 4.03. The van der Waals surface area contributed by atoms with Gasteiger partial charge in [-0.1, -0.05) is 0 Å². The van der Waals surface area contributed by atoms with E-state index < -0.39 is 17.3 Å². The van der Waals surface area contributed by atoms with Crippen LogP contribution in [0.2, 0.25) is 0 Å². The van der Waals surface area contributed by atoms with Gasteiger partial charge in [0, 0.05) is 24.2 Å². The number of pyridine rings is 1. The minimum Gasteiger partial charge on any atom is -0.477 e. The summed E-state index contributed by atoms with van der Waals surface area (Å²) in [4.78, 5) is 34.7. The summed E-state index contributed by atoms with van der Waals surface area (Å²) in [6, 6.07) is 4.87. The fourth-order valence-corrected chi connectivity index (χ4v) is 1.73. The van der Waals surface area contributed by atoms with Gasteiger partial charge in [0.05, 0.1) is 11.4 Å². The van der Waals surface area contributed by atoms with E-state index in [9.17, 15) is 9.59 Å². The van der Waals surface area contributed by atoms with Gasteiger partial charge in [-0.2, -0.15) is 0 Å². The topological polar surface area (TPSA) is 119 Å². The molecule has 0 unspecified atom stereocenters. The highest BCUT2D eigenvalue weighted by molar-refractivity contribution is 6.20. The van der Waals surface area contributed by atoms with Gasteiger partial charge in [-0.3, -0.25) is 9.78 Å². The van der Waals surface area contributed by atoms with Crippen LogP contribution < -0.4 is 5.73 Å². The lowest BCUT2D eigenvalue weighted by atomic mass is 10.1. The van der Waals surface area contributed by atoms with E-state index in [1.165, 1.54) is 12.3 Å². The van der Waals surface area contributed by atoms with Gasteiger partial charge in [-0.15, -0.1) is 0 Å². The van der Waals surface area contributed by atoms with Crippen molar-refractivity contribution in [2.24, 2.45) is 5.73 Å². The SMILES string of the molecule is CC(=O)/C(C(=O)O)=C(/N)c1ccnc(-c2ccncc2)n1. The predicted molar refractivity (Wildman–Crippen MR) is 74.7 cm³/mol. The number of carbonyl (C=O) groups excluding carboxylic acids is 1. The van der Waals surface area contributed by atoms with Crippen molar-refractivity contribution in [2.45, 2.75) is 6.92 Å². The van der Waals surface area contributed by atoms with Crippen molar-refractivity contribution in [1.29, 1.82) is 0 Å². The quantitative estimate of drug-likeness (QED) is 0.486. The molecular formula is C14H12N4O3. The molecule has 2 rings (SSSR count). The van der Waals surface area contributed by atoms with Crippen molar-refractivity contribution in [3.8, 4) is 11.4 Å². The Morgan fingerprint density at radius 1 is 1.14 bits per heavy atom. The number of carboxylic acid groups (broad SMARTS) is 1. The Labute approximate surface area is 120 Å². The van der Waals surface area contributed by atoms with Crippen LogP contribution >= 0.6 is 0 Å². The molecule has 2 aromatic rings. The molecule has 0 amide bonds. The lowest BCUT2D eigenvalue weighted by Crippen LogP contribution is -2.16. The van der Waals surface area contributed by atoms with Gasteiger partial charge < -0.3 is 10.8 Å². The summed E-state index contributed by atoms with van der Waals surface area (Å²) >= 11 is 0. The monoisotopic (exact) mass is 284 g/mol. The standard InChI is InChI=1S/C14H12N4O3/c1-8(19)11(14(20)21)12(15)10-4-7-17-13(18-10)9-2-5-16-6-3-9/h2-7H,15H2,1H3,(H,20,21)/b12-11-. The van der Waals surface area contributed by atoms with Crippen LogP contribution in [-0.2, 0) is 9.59 Å². The zero-order chi connectivity index (χ0) is 15.4. The number of nitrogens with two attached hydrogens (primary N) is 1. The summed E-state index contributed by atoms with van der Waals surface area (Å²) in [6.45, 7) is 1.14. The third-order valence-electron chi connectivity index (χ3n) is 2.71. The number of rotatable bonds is 4. The van der Waals surface area contributed by atoms with Crippen LogP contribution in [0.5, 0.6) is 0 Å². The average molecular weight is 284 g/mol. The average Bonchev–Trinajstić information content (AvgIpc) is 2.47. The Hall–Kier alpha value is -3.09. The van der Waals surface area contributed by atoms with E-state index >= 15 is 0 Å². The molecule has 3 N–H and O–H groups in total. The molecule has 21 heavy (non-hydrogen) atoms. The number of aromatic nitrogens is 3. The smallest absolute Gasteiger partial charge is 0.341 e. The lowest BCUT2D eigenvalue weighted by molar-refractivity contribution is -0.134. The molecule has 0 aromatic carbocycles. The third-order valence-corrected chi connectivity index (χ3v) is 2.71. The molecule has 0 atom stereocenters. The number of carbonyl (C=O) groups is 2. The number of carboxylic acids is 1. The van der Waals surface area contributed by atoms with E-state index in [-0.39, 0.29) is 11.4 Å². The highest BCUT2D eigenvalue weighted by Crippen LogP contribution is 2.17. The summed E-state index contributed by atoms with van der Waals surface area (Å²) in [5.74, 6) is -1.65. The Bertz CT molecular complexity index is 710. The van der Waals surface area contributed by atoms with Crippen LogP contribution in [0.3, 0.4) is 0 Å². The molecule has 7 nitrogen and oxygen atoms in total. The zero-order valence-corrected chi connectivity index (χ0v) is 11.1. The van der Waals surface area contributed by atoms with Gasteiger partial charge in [-0.05, 0) is 25.1 Å². The molecule has 2 aromatic heterocycles. The molecule has 0 saturated carbocycles. The first-order valence-electron chi connectivity index (χ1n) is 5.98. The van der Waals surface area contributed by atoms with Gasteiger partial charge in [0.25, 0.3) is 0 Å². The van der Waals surface area contributed by atoms with E-state index in [0.717, 1.165) is 6.92 Å². The van der Waals surface area contributed by atoms with Crippen molar-refractivity contribution in [2.75, 3.05) is 0 Å². The summed E-state index contributed by atoms with van der Waals surface area (Å²) in [7, 11) is 0. The van der Waals surface area contributed by atoms with Crippen molar-refractivity contribution < 1.29 is 14.7 Å². The maximum atomic E-state index is 11.4. The Balaban J connectivity index is 2.54. The number of Topliss-reactive ketones (excluding diaryl/α,β-unsaturated/α-hetero) is 1. The number of nitrogens with zero attached hydrogens (tertiary/aromatic N) is 3. The van der Waals surface area contributed by atoms with Crippen molar-refractivity contribution in [1.82, 2.24) is 15.0 Å². The van der Waals surface area contributed by atoms with Crippen molar-refractivity contribution in [3.05, 3.63) is 48.1 Å². The highest BCUT2D eigenvalue weighted by Gasteiger charge is 2.19. The minimum absolute atomic E-state index is 0.185. The first kappa shape index (κ1) is 14.3. The summed E-state index contributed by atoms with van der Waals surface area (Å²) in [5.41, 5.74) is 5.98. The molecular weight excluding hydrogens is 272 g/mol. The molecule has 0 aliphatic rings. The number of hydrogen-bond acceptors (Lipinski definition) is 6. The number of hydrogen-bond donors (Lipinski definition) is 2. The van der Waals surface area contributed by atoms with Gasteiger partial charge in [0.15, 0.2) is 11.6 Å². The molecule has 2 heterocycles. The van der Waals surface area contributed by atoms with E-state index in [1.54, 1.807) is 24.5 Å². The van der Waals surface area contributed by atoms with Crippen molar-refractivity contribution in [3.63, 3.8) is 0 Å². The van der Waals surface area contributed by atoms with Crippen LogP contribution in [0, 0.1) is 0 Å². The first-order chi connectivity index (χ1) is 10.0. The molecule has 0 bridgehead atoms. The van der Waals surface area contributed by atoms with E-state index in [1.807, 2.05) is 0 Å². The molecule has 0 aliphatic carbocycles. The fraction of sp³-hybridized carbons (Fsp3) is 0.0714. The number of aliphatic carboxylic acids is 1. The Morgan fingerprint density at radius 2 is 1.81 bits per heavy atom. The van der Waals surface area contributed by atoms with Crippen LogP contribution in [0.15, 0.2) is 42.4 Å². The maximum absolute atomic E-state index is 11.4. The largest absolute Gasteiger partial charge is 0.477 e. The second-order valence-corrected chi connectivity index (χ2v) is 4.15. The van der Waals surface area contributed by atoms with Gasteiger partial charge in [0.2, 0.25) is 0 Å². The minimum atomic E-state index is -1.39. The van der Waals surface area contributed by atoms with Gasteiger partial charge in [-0.25, -0.2) is 14.8 Å². The second kappa shape index (κ2) is 5.91. The maximum Gasteiger partial charge on any atom is 0.341 e. The molecule has 0 saturated heterocycles. The van der Waals surface area contributed by atoms with Crippen LogP contribution in [0.4, 0.5) is 0 Å². The van der Waals surface area contributed by atoms with Crippen LogP contribution in [0.25, 0.3) is 17.1 Å². The van der Waals surface area contributed by atoms with Crippen LogP contribution in [-0.4, -0.2) is 31.8 Å². The summed E-state index contributed by atoms with van der Waals surface area (Å²) < 4.78 is 0. The third kappa shape index (κ3) is 3.08. The highest BCUT2D eigenvalue weighted by atomic mass is 16.4. The number of ketones is 1. The molecule has 7 heteroatoms. The molecule has 0 fully saturated rings. The van der Waals surface area contributed by atoms with E-state index in [2.05, 4.69) is 15.0 Å². The van der Waals surface area contributed by atoms with Gasteiger partial charge >= 0.3 is 5.97 Å². The molecule has 0 spiro atoms. The molecule has 0 aliphatic heterocycles. The lowest BCUT2D eigenvalue weighted by Gasteiger charge is -2.06. The zero-order valence-electron chi connectivity index (χ0n) is 11.1. The summed E-state index contributed by atoms with van der Waals surface area (Å²) in [6.07, 6.45) is 4.62. The normalized spacial score (nSPS) is 11.7. The molecule has 106 valence electrons. The van der Waals surface area contributed by atoms with Gasteiger partial charge in [0.1, 0.15) is 5.57 Å². The van der Waals surface area contributed by atoms with Crippen molar-refractivity contribution >= 4 is 17.4 Å². The predicted octanol–water partition coefficient (Wildman–Crippen LogP) is 0.882. The summed E-state index contributed by atoms with van der Waals surface area (Å²) in [5, 5.41) is 9.05. The van der Waals surface area contributed by atoms with Crippen LogP contribution in [0.1, 0.15) is 12.6 Å². The Morgan fingerprint density at radius 3 is 2.38 bits per heavy atom. The van der Waals surface area contributed by atoms with E-state index in [0.29, 0.717) is 11.4 Å². The first-order valence-corrected chi connectivity index (χ1v) is 5.98.